The molecule has 0 aromatic carbocycles. The largest absolute Gasteiger partial charge is 0.478 e. The van der Waals surface area contributed by atoms with Crippen molar-refractivity contribution < 1.29 is 19.8 Å². The highest BCUT2D eigenvalue weighted by molar-refractivity contribution is 6.03. The molecule has 4 heteroatoms. The van der Waals surface area contributed by atoms with E-state index in [1.807, 2.05) is 0 Å². The van der Waals surface area contributed by atoms with Gasteiger partial charge in [-0.15, -0.1) is 0 Å². The summed E-state index contributed by atoms with van der Waals surface area (Å²) in [6.45, 7) is 0. The Morgan fingerprint density at radius 3 is 1.88 bits per heavy atom. The van der Waals surface area contributed by atoms with Crippen molar-refractivity contribution >= 4 is 11.9 Å². The van der Waals surface area contributed by atoms with Crippen molar-refractivity contribution in [3.8, 4) is 11.1 Å². The minimum absolute atomic E-state index is 0.104. The summed E-state index contributed by atoms with van der Waals surface area (Å²) < 4.78 is 0. The van der Waals surface area contributed by atoms with Crippen molar-refractivity contribution in [1.29, 1.82) is 0 Å². The first-order valence-corrected chi connectivity index (χ1v) is 4.59. The molecule has 0 aromatic rings. The molecule has 0 aromatic heterocycles. The van der Waals surface area contributed by atoms with Crippen molar-refractivity contribution in [2.45, 2.75) is 0 Å². The second kappa shape index (κ2) is 3.66. The second-order valence-corrected chi connectivity index (χ2v) is 3.32. The number of aromatic carboxylic acids is 2. The van der Waals surface area contributed by atoms with Gasteiger partial charge in [-0.1, -0.05) is 24.3 Å². The van der Waals surface area contributed by atoms with E-state index in [-0.39, 0.29) is 11.1 Å². The fraction of sp³-hybridized carbons (Fsp3) is 0. The van der Waals surface area contributed by atoms with Gasteiger partial charge in [-0.2, -0.15) is 0 Å². The van der Waals surface area contributed by atoms with Gasteiger partial charge in [0.1, 0.15) is 0 Å². The molecule has 4 nitrogen and oxygen atoms in total. The molecule has 0 saturated carbocycles. The summed E-state index contributed by atoms with van der Waals surface area (Å²) in [6, 6.07) is 9.19. The quantitative estimate of drug-likeness (QED) is 0.806. The van der Waals surface area contributed by atoms with Crippen molar-refractivity contribution in [1.82, 2.24) is 0 Å². The van der Waals surface area contributed by atoms with Crippen LogP contribution in [0.15, 0.2) is 36.4 Å². The van der Waals surface area contributed by atoms with Crippen molar-refractivity contribution in [3.05, 3.63) is 47.5 Å². The van der Waals surface area contributed by atoms with E-state index in [1.165, 1.54) is 18.2 Å². The standard InChI is InChI=1S/C12H8O4/c13-11(14)9-4-2-1-3-7-8(9)5-6-10(7)12(15)16/h1-6H,(H,13,14)(H,15,16). The molecular formula is C12H8O4. The van der Waals surface area contributed by atoms with Crippen LogP contribution >= 0.6 is 0 Å². The third-order valence-corrected chi connectivity index (χ3v) is 2.38. The molecule has 0 aliphatic heterocycles. The highest BCUT2D eigenvalue weighted by Gasteiger charge is 2.19. The summed E-state index contributed by atoms with van der Waals surface area (Å²) in [4.78, 5) is 21.9. The number of rotatable bonds is 2. The summed E-state index contributed by atoms with van der Waals surface area (Å²) in [5, 5.41) is 17.9. The Balaban J connectivity index is 2.74. The first kappa shape index (κ1) is 10.2. The van der Waals surface area contributed by atoms with Crippen LogP contribution in [0.3, 0.4) is 0 Å². The number of hydrogen-bond donors (Lipinski definition) is 2. The average molecular weight is 216 g/mol. The lowest BCUT2D eigenvalue weighted by molar-refractivity contribution is 0.0685. The smallest absolute Gasteiger partial charge is 0.336 e. The lowest BCUT2D eigenvalue weighted by Gasteiger charge is -1.99. The Hall–Kier alpha value is -2.36. The molecule has 0 amide bonds. The summed E-state index contributed by atoms with van der Waals surface area (Å²) in [7, 11) is 0. The molecule has 2 N–H and O–H groups in total. The highest BCUT2D eigenvalue weighted by Crippen LogP contribution is 2.30. The second-order valence-electron chi connectivity index (χ2n) is 3.32. The van der Waals surface area contributed by atoms with E-state index < -0.39 is 11.9 Å². The molecule has 2 aliphatic carbocycles. The third-order valence-electron chi connectivity index (χ3n) is 2.38. The molecule has 0 heterocycles. The Kier molecular flexibility index (Phi) is 2.32. The monoisotopic (exact) mass is 216 g/mol. The van der Waals surface area contributed by atoms with Gasteiger partial charge in [0.05, 0.1) is 11.1 Å². The third kappa shape index (κ3) is 1.50. The van der Waals surface area contributed by atoms with Gasteiger partial charge in [0.25, 0.3) is 0 Å². The average Bonchev–Trinajstić information content (AvgIpc) is 2.51. The molecule has 0 saturated heterocycles. The van der Waals surface area contributed by atoms with Gasteiger partial charge in [0.2, 0.25) is 0 Å². The predicted molar refractivity (Wildman–Crippen MR) is 57.0 cm³/mol. The van der Waals surface area contributed by atoms with E-state index in [0.717, 1.165) is 0 Å². The van der Waals surface area contributed by atoms with Crippen LogP contribution in [0.5, 0.6) is 0 Å². The molecular weight excluding hydrogens is 208 g/mol. The van der Waals surface area contributed by atoms with E-state index in [4.69, 9.17) is 10.2 Å². The van der Waals surface area contributed by atoms with E-state index in [9.17, 15) is 9.59 Å². The van der Waals surface area contributed by atoms with Crippen LogP contribution in [-0.2, 0) is 0 Å². The zero-order valence-corrected chi connectivity index (χ0v) is 8.18. The molecule has 2 rings (SSSR count). The van der Waals surface area contributed by atoms with Crippen molar-refractivity contribution in [2.24, 2.45) is 0 Å². The Morgan fingerprint density at radius 1 is 0.750 bits per heavy atom. The highest BCUT2D eigenvalue weighted by atomic mass is 16.4. The Labute approximate surface area is 91.1 Å². The van der Waals surface area contributed by atoms with Crippen LogP contribution < -0.4 is 0 Å². The van der Waals surface area contributed by atoms with E-state index in [2.05, 4.69) is 0 Å². The lowest BCUT2D eigenvalue weighted by Crippen LogP contribution is -1.98. The summed E-state index contributed by atoms with van der Waals surface area (Å²) in [5.41, 5.74) is 1.10. The fourth-order valence-corrected chi connectivity index (χ4v) is 1.67. The first-order chi connectivity index (χ1) is 7.61. The molecule has 80 valence electrons. The molecule has 0 atom stereocenters. The van der Waals surface area contributed by atoms with Gasteiger partial charge in [-0.05, 0) is 23.3 Å². The number of carbonyl (C=O) groups is 2. The maximum atomic E-state index is 11.0. The number of carboxylic acids is 2. The van der Waals surface area contributed by atoms with Crippen LogP contribution in [0, 0.1) is 0 Å². The van der Waals surface area contributed by atoms with E-state index >= 15 is 0 Å². The Morgan fingerprint density at radius 2 is 1.25 bits per heavy atom. The number of hydrogen-bond acceptors (Lipinski definition) is 2. The summed E-state index contributed by atoms with van der Waals surface area (Å²) >= 11 is 0. The van der Waals surface area contributed by atoms with E-state index in [1.54, 1.807) is 18.2 Å². The summed E-state index contributed by atoms with van der Waals surface area (Å²) in [5.74, 6) is -2.12. The molecule has 2 aliphatic rings. The predicted octanol–water partition coefficient (Wildman–Crippen LogP) is 2.19. The number of fused-ring (bicyclic) bond motifs is 1. The van der Waals surface area contributed by atoms with Crippen LogP contribution in [0.25, 0.3) is 11.1 Å². The molecule has 0 radical (unpaired) electrons. The number of carboxylic acid groups (broad SMARTS) is 2. The van der Waals surface area contributed by atoms with E-state index in [0.29, 0.717) is 11.1 Å². The topological polar surface area (TPSA) is 74.6 Å². The van der Waals surface area contributed by atoms with Gasteiger partial charge in [0.15, 0.2) is 0 Å². The van der Waals surface area contributed by atoms with Gasteiger partial charge in [-0.3, -0.25) is 0 Å². The normalized spacial score (nSPS) is 10.2. The van der Waals surface area contributed by atoms with Crippen LogP contribution in [0.4, 0.5) is 0 Å². The van der Waals surface area contributed by atoms with Crippen LogP contribution in [0.1, 0.15) is 20.7 Å². The molecule has 0 bridgehead atoms. The first-order valence-electron chi connectivity index (χ1n) is 4.59. The zero-order chi connectivity index (χ0) is 11.7. The molecule has 0 fully saturated rings. The van der Waals surface area contributed by atoms with Gasteiger partial charge in [0, 0.05) is 0 Å². The molecule has 16 heavy (non-hydrogen) atoms. The lowest BCUT2D eigenvalue weighted by atomic mass is 10.1. The maximum absolute atomic E-state index is 11.0. The van der Waals surface area contributed by atoms with Crippen molar-refractivity contribution in [3.63, 3.8) is 0 Å². The zero-order valence-electron chi connectivity index (χ0n) is 8.18. The SMILES string of the molecule is O=C(O)c1ccc2c(C(=O)O)ccccc1-2. The summed E-state index contributed by atoms with van der Waals surface area (Å²) in [6.07, 6.45) is 0. The van der Waals surface area contributed by atoms with Gasteiger partial charge >= 0.3 is 11.9 Å². The Bertz CT molecular complexity index is 545. The molecule has 0 spiro atoms. The van der Waals surface area contributed by atoms with Crippen molar-refractivity contribution in [2.75, 3.05) is 0 Å². The van der Waals surface area contributed by atoms with Crippen LogP contribution in [0.2, 0.25) is 0 Å². The fourth-order valence-electron chi connectivity index (χ4n) is 1.67. The van der Waals surface area contributed by atoms with Gasteiger partial charge in [-0.25, -0.2) is 9.59 Å². The van der Waals surface area contributed by atoms with Crippen LogP contribution in [-0.4, -0.2) is 22.2 Å². The van der Waals surface area contributed by atoms with Gasteiger partial charge < -0.3 is 10.2 Å². The maximum Gasteiger partial charge on any atom is 0.336 e. The molecule has 0 unspecified atom stereocenters. The minimum atomic E-state index is -1.07. The minimum Gasteiger partial charge on any atom is -0.478 e.